The van der Waals surface area contributed by atoms with Crippen LogP contribution in [-0.2, 0) is 4.74 Å². The van der Waals surface area contributed by atoms with Crippen LogP contribution in [0, 0.1) is 10.1 Å². The summed E-state index contributed by atoms with van der Waals surface area (Å²) in [6.07, 6.45) is 0.203. The monoisotopic (exact) mass is 335 g/mol. The van der Waals surface area contributed by atoms with Crippen molar-refractivity contribution in [2.45, 2.75) is 38.8 Å². The molecular weight excluding hydrogens is 314 g/mol. The van der Waals surface area contributed by atoms with Crippen molar-refractivity contribution in [3.63, 3.8) is 0 Å². The summed E-state index contributed by atoms with van der Waals surface area (Å²) < 4.78 is 5.30. The van der Waals surface area contributed by atoms with Crippen molar-refractivity contribution in [1.82, 2.24) is 10.2 Å². The van der Waals surface area contributed by atoms with E-state index in [0.29, 0.717) is 19.5 Å². The Balaban J connectivity index is 1.93. The molecule has 1 aromatic carbocycles. The lowest BCUT2D eigenvalue weighted by Gasteiger charge is -2.24. The molecule has 1 atom stereocenters. The third-order valence-electron chi connectivity index (χ3n) is 3.49. The Morgan fingerprint density at radius 3 is 2.71 bits per heavy atom. The fourth-order valence-corrected chi connectivity index (χ4v) is 2.40. The van der Waals surface area contributed by atoms with Crippen LogP contribution >= 0.6 is 0 Å². The second kappa shape index (κ2) is 6.86. The van der Waals surface area contributed by atoms with Crippen molar-refractivity contribution in [2.75, 3.05) is 13.1 Å². The summed E-state index contributed by atoms with van der Waals surface area (Å²) in [5, 5.41) is 13.6. The number of hydrogen-bond donors (Lipinski definition) is 1. The Morgan fingerprint density at radius 2 is 2.08 bits per heavy atom. The normalized spacial score (nSPS) is 17.5. The van der Waals surface area contributed by atoms with Gasteiger partial charge >= 0.3 is 6.09 Å². The first-order valence-corrected chi connectivity index (χ1v) is 7.69. The van der Waals surface area contributed by atoms with Gasteiger partial charge in [-0.25, -0.2) is 4.79 Å². The maximum atomic E-state index is 12.2. The first-order chi connectivity index (χ1) is 11.2. The number of nitrogens with zero attached hydrogens (tertiary/aromatic N) is 2. The van der Waals surface area contributed by atoms with Crippen LogP contribution in [0.15, 0.2) is 24.3 Å². The fourth-order valence-electron chi connectivity index (χ4n) is 2.40. The molecule has 1 aliphatic rings. The Bertz CT molecular complexity index is 653. The summed E-state index contributed by atoms with van der Waals surface area (Å²) in [4.78, 5) is 36.0. The van der Waals surface area contributed by atoms with Gasteiger partial charge in [-0.2, -0.15) is 0 Å². The molecular formula is C16H21N3O5. The molecule has 1 aromatic rings. The molecule has 0 saturated carbocycles. The molecule has 2 amide bonds. The zero-order chi connectivity index (χ0) is 17.9. The SMILES string of the molecule is CC(C)(C)OC(=O)N1CCC(NC(=O)c2cccc([N+](=O)[O-])c2)C1. The first-order valence-electron chi connectivity index (χ1n) is 7.69. The number of ether oxygens (including phenoxy) is 1. The molecule has 0 bridgehead atoms. The van der Waals surface area contributed by atoms with Gasteiger partial charge in [0.25, 0.3) is 11.6 Å². The van der Waals surface area contributed by atoms with Gasteiger partial charge in [-0.3, -0.25) is 14.9 Å². The average molecular weight is 335 g/mol. The second-order valence-electron chi connectivity index (χ2n) is 6.69. The summed E-state index contributed by atoms with van der Waals surface area (Å²) >= 11 is 0. The third kappa shape index (κ3) is 4.68. The van der Waals surface area contributed by atoms with Crippen LogP contribution in [0.3, 0.4) is 0 Å². The molecule has 1 N–H and O–H groups in total. The maximum Gasteiger partial charge on any atom is 0.410 e. The van der Waals surface area contributed by atoms with E-state index in [1.807, 2.05) is 0 Å². The zero-order valence-electron chi connectivity index (χ0n) is 13.9. The van der Waals surface area contributed by atoms with E-state index in [9.17, 15) is 19.7 Å². The minimum absolute atomic E-state index is 0.135. The molecule has 0 aromatic heterocycles. The van der Waals surface area contributed by atoms with Crippen molar-refractivity contribution in [3.8, 4) is 0 Å². The lowest BCUT2D eigenvalue weighted by molar-refractivity contribution is -0.384. The summed E-state index contributed by atoms with van der Waals surface area (Å²) in [5.74, 6) is -0.394. The Labute approximate surface area is 139 Å². The molecule has 8 heteroatoms. The number of carbonyl (C=O) groups is 2. The van der Waals surface area contributed by atoms with Crippen LogP contribution in [0.4, 0.5) is 10.5 Å². The molecule has 1 heterocycles. The van der Waals surface area contributed by atoms with E-state index in [2.05, 4.69) is 5.32 Å². The molecule has 8 nitrogen and oxygen atoms in total. The number of non-ortho nitro benzene ring substituents is 1. The van der Waals surface area contributed by atoms with E-state index in [0.717, 1.165) is 0 Å². The predicted molar refractivity (Wildman–Crippen MR) is 86.8 cm³/mol. The van der Waals surface area contributed by atoms with E-state index in [4.69, 9.17) is 4.74 Å². The highest BCUT2D eigenvalue weighted by Crippen LogP contribution is 2.17. The molecule has 24 heavy (non-hydrogen) atoms. The minimum atomic E-state index is -0.568. The quantitative estimate of drug-likeness (QED) is 0.675. The van der Waals surface area contributed by atoms with Gasteiger partial charge < -0.3 is 15.0 Å². The van der Waals surface area contributed by atoms with Crippen molar-refractivity contribution >= 4 is 17.7 Å². The molecule has 1 fully saturated rings. The number of benzene rings is 1. The molecule has 2 rings (SSSR count). The molecule has 0 aliphatic carbocycles. The molecule has 130 valence electrons. The number of nitro groups is 1. The topological polar surface area (TPSA) is 102 Å². The van der Waals surface area contributed by atoms with Gasteiger partial charge in [0, 0.05) is 36.8 Å². The van der Waals surface area contributed by atoms with Crippen LogP contribution < -0.4 is 5.32 Å². The second-order valence-corrected chi connectivity index (χ2v) is 6.69. The number of hydrogen-bond acceptors (Lipinski definition) is 5. The summed E-state index contributed by atoms with van der Waals surface area (Å²) in [6.45, 7) is 6.23. The smallest absolute Gasteiger partial charge is 0.410 e. The van der Waals surface area contributed by atoms with Gasteiger partial charge in [0.2, 0.25) is 0 Å². The Hall–Kier alpha value is -2.64. The van der Waals surface area contributed by atoms with Crippen molar-refractivity contribution in [1.29, 1.82) is 0 Å². The zero-order valence-corrected chi connectivity index (χ0v) is 13.9. The van der Waals surface area contributed by atoms with Crippen molar-refractivity contribution in [3.05, 3.63) is 39.9 Å². The number of rotatable bonds is 3. The Kier molecular flexibility index (Phi) is 5.06. The van der Waals surface area contributed by atoms with E-state index in [1.54, 1.807) is 25.7 Å². The van der Waals surface area contributed by atoms with Crippen LogP contribution in [0.25, 0.3) is 0 Å². The summed E-state index contributed by atoms with van der Waals surface area (Å²) in [6, 6.07) is 5.34. The van der Waals surface area contributed by atoms with Gasteiger partial charge in [0.1, 0.15) is 5.60 Å². The molecule has 0 spiro atoms. The lowest BCUT2D eigenvalue weighted by atomic mass is 10.1. The predicted octanol–water partition coefficient (Wildman–Crippen LogP) is 2.33. The average Bonchev–Trinajstić information content (AvgIpc) is 2.94. The maximum absolute atomic E-state index is 12.2. The van der Waals surface area contributed by atoms with Crippen molar-refractivity contribution in [2.24, 2.45) is 0 Å². The standard InChI is InChI=1S/C16H21N3O5/c1-16(2,3)24-15(21)18-8-7-12(10-18)17-14(20)11-5-4-6-13(9-11)19(22)23/h4-6,9,12H,7-8,10H2,1-3H3,(H,17,20). The van der Waals surface area contributed by atoms with Gasteiger partial charge in [-0.05, 0) is 33.3 Å². The van der Waals surface area contributed by atoms with Crippen molar-refractivity contribution < 1.29 is 19.2 Å². The van der Waals surface area contributed by atoms with Crippen LogP contribution in [0.5, 0.6) is 0 Å². The Morgan fingerprint density at radius 1 is 1.38 bits per heavy atom. The largest absolute Gasteiger partial charge is 0.444 e. The highest BCUT2D eigenvalue weighted by Gasteiger charge is 2.30. The number of amides is 2. The van der Waals surface area contributed by atoms with Gasteiger partial charge in [-0.1, -0.05) is 6.07 Å². The molecule has 1 saturated heterocycles. The molecule has 1 unspecified atom stereocenters. The fraction of sp³-hybridized carbons (Fsp3) is 0.500. The van der Waals surface area contributed by atoms with E-state index >= 15 is 0 Å². The van der Waals surface area contributed by atoms with Gasteiger partial charge in [0.15, 0.2) is 0 Å². The van der Waals surface area contributed by atoms with Gasteiger partial charge in [0.05, 0.1) is 4.92 Å². The van der Waals surface area contributed by atoms with Crippen LogP contribution in [0.1, 0.15) is 37.6 Å². The summed E-state index contributed by atoms with van der Waals surface area (Å²) in [5.41, 5.74) is -0.481. The number of nitrogens with one attached hydrogen (secondary N) is 1. The molecule has 0 radical (unpaired) electrons. The first kappa shape index (κ1) is 17.7. The van der Waals surface area contributed by atoms with Crippen LogP contribution in [-0.4, -0.2) is 46.6 Å². The number of nitro benzene ring substituents is 1. The van der Waals surface area contributed by atoms with E-state index < -0.39 is 22.5 Å². The van der Waals surface area contributed by atoms with E-state index in [-0.39, 0.29) is 17.3 Å². The number of carbonyl (C=O) groups excluding carboxylic acids is 2. The van der Waals surface area contributed by atoms with E-state index in [1.165, 1.54) is 24.3 Å². The molecule has 1 aliphatic heterocycles. The van der Waals surface area contributed by atoms with Crippen LogP contribution in [0.2, 0.25) is 0 Å². The third-order valence-corrected chi connectivity index (χ3v) is 3.49. The minimum Gasteiger partial charge on any atom is -0.444 e. The highest BCUT2D eigenvalue weighted by molar-refractivity contribution is 5.95. The van der Waals surface area contributed by atoms with Gasteiger partial charge in [-0.15, -0.1) is 0 Å². The summed E-state index contributed by atoms with van der Waals surface area (Å²) in [7, 11) is 0. The number of likely N-dealkylation sites (tertiary alicyclic amines) is 1. The highest BCUT2D eigenvalue weighted by atomic mass is 16.6. The lowest BCUT2D eigenvalue weighted by Crippen LogP contribution is -2.40.